The molecule has 18 heavy (non-hydrogen) atoms. The van der Waals surface area contributed by atoms with Crippen molar-refractivity contribution in [3.05, 3.63) is 40.4 Å². The van der Waals surface area contributed by atoms with Crippen LogP contribution in [0.3, 0.4) is 0 Å². The molecule has 0 aliphatic rings. The number of nitrogens with zero attached hydrogens (tertiary/aromatic N) is 3. The van der Waals surface area contributed by atoms with Gasteiger partial charge in [-0.05, 0) is 12.1 Å². The van der Waals surface area contributed by atoms with Crippen LogP contribution in [0.1, 0.15) is 18.3 Å². The van der Waals surface area contributed by atoms with Crippen molar-refractivity contribution in [3.8, 4) is 0 Å². The molecule has 0 radical (unpaired) electrons. The lowest BCUT2D eigenvalue weighted by molar-refractivity contribution is 0.617. The molecule has 0 fully saturated rings. The first-order chi connectivity index (χ1) is 8.63. The van der Waals surface area contributed by atoms with Crippen molar-refractivity contribution in [1.82, 2.24) is 14.9 Å². The van der Waals surface area contributed by atoms with E-state index in [2.05, 4.69) is 10.2 Å². The molecule has 0 unspecified atom stereocenters. The van der Waals surface area contributed by atoms with Gasteiger partial charge in [-0.1, -0.05) is 36.4 Å². The highest BCUT2D eigenvalue weighted by Crippen LogP contribution is 2.27. The number of rotatable bonds is 4. The van der Waals surface area contributed by atoms with E-state index in [0.29, 0.717) is 33.7 Å². The minimum absolute atomic E-state index is 0.325. The molecule has 2 N–H and O–H groups in total. The second-order valence-corrected chi connectivity index (χ2v) is 4.96. The van der Waals surface area contributed by atoms with E-state index >= 15 is 0 Å². The largest absolute Gasteiger partial charge is 0.336 e. The van der Waals surface area contributed by atoms with Gasteiger partial charge in [-0.3, -0.25) is 0 Å². The molecule has 0 atom stereocenters. The van der Waals surface area contributed by atoms with Crippen LogP contribution in [-0.2, 0) is 12.2 Å². The summed E-state index contributed by atoms with van der Waals surface area (Å²) in [6, 6.07) is 4.62. The summed E-state index contributed by atoms with van der Waals surface area (Å²) in [5.41, 5.74) is 0.449. The van der Waals surface area contributed by atoms with Crippen LogP contribution in [0.25, 0.3) is 0 Å². The normalized spacial score (nSPS) is 10.8. The number of aromatic nitrogens is 3. The smallest absolute Gasteiger partial charge is 0.210 e. The molecule has 0 saturated heterocycles. The Morgan fingerprint density at radius 2 is 2.22 bits per heavy atom. The van der Waals surface area contributed by atoms with Crippen molar-refractivity contribution in [1.29, 1.82) is 0 Å². The highest BCUT2D eigenvalue weighted by atomic mass is 35.5. The number of hydrogen-bond donors (Lipinski definition) is 1. The maximum atomic E-state index is 13.6. The molecule has 2 aromatic rings. The highest BCUT2D eigenvalue weighted by Gasteiger charge is 2.12. The van der Waals surface area contributed by atoms with E-state index in [1.807, 2.05) is 6.92 Å². The van der Waals surface area contributed by atoms with E-state index in [1.54, 1.807) is 12.1 Å². The summed E-state index contributed by atoms with van der Waals surface area (Å²) in [4.78, 5) is 0. The van der Waals surface area contributed by atoms with Gasteiger partial charge in [-0.25, -0.2) is 9.07 Å². The molecule has 2 rings (SSSR count). The molecule has 0 spiro atoms. The predicted octanol–water partition coefficient (Wildman–Crippen LogP) is 2.64. The fourth-order valence-corrected chi connectivity index (χ4v) is 2.67. The summed E-state index contributed by atoms with van der Waals surface area (Å²) in [5.74, 6) is 6.53. The van der Waals surface area contributed by atoms with Crippen LogP contribution in [-0.4, -0.2) is 14.9 Å². The van der Waals surface area contributed by atoms with Crippen molar-refractivity contribution in [2.45, 2.75) is 24.3 Å². The van der Waals surface area contributed by atoms with Crippen LogP contribution >= 0.6 is 23.4 Å². The standard InChI is InChI=1S/C11H12ClFN4S/c1-2-10-15-16-11(17(10)14)18-6-7-8(12)4-3-5-9(7)13/h3-5H,2,6,14H2,1H3. The van der Waals surface area contributed by atoms with Crippen molar-refractivity contribution >= 4 is 23.4 Å². The van der Waals surface area contributed by atoms with Crippen LogP contribution in [0.4, 0.5) is 4.39 Å². The molecule has 0 aliphatic heterocycles. The first-order valence-corrected chi connectivity index (χ1v) is 6.75. The summed E-state index contributed by atoms with van der Waals surface area (Å²) in [6.07, 6.45) is 0.699. The average Bonchev–Trinajstić information content (AvgIpc) is 2.70. The van der Waals surface area contributed by atoms with Gasteiger partial charge in [0.2, 0.25) is 5.16 Å². The molecule has 7 heteroatoms. The number of halogens is 2. The second-order valence-electron chi connectivity index (χ2n) is 3.61. The van der Waals surface area contributed by atoms with Crippen molar-refractivity contribution in [2.75, 3.05) is 5.84 Å². The fraction of sp³-hybridized carbons (Fsp3) is 0.273. The maximum Gasteiger partial charge on any atom is 0.210 e. The molecule has 0 amide bonds. The van der Waals surface area contributed by atoms with E-state index in [1.165, 1.54) is 22.5 Å². The molecule has 1 heterocycles. The molecule has 1 aromatic heterocycles. The fourth-order valence-electron chi connectivity index (χ4n) is 1.45. The van der Waals surface area contributed by atoms with Crippen LogP contribution < -0.4 is 5.84 Å². The van der Waals surface area contributed by atoms with Crippen LogP contribution in [0.15, 0.2) is 23.4 Å². The van der Waals surface area contributed by atoms with Gasteiger partial charge in [0.1, 0.15) is 5.82 Å². The predicted molar refractivity (Wildman–Crippen MR) is 70.5 cm³/mol. The summed E-state index contributed by atoms with van der Waals surface area (Å²) < 4.78 is 15.0. The molecule has 0 aliphatic carbocycles. The van der Waals surface area contributed by atoms with E-state index in [4.69, 9.17) is 17.4 Å². The van der Waals surface area contributed by atoms with Gasteiger partial charge in [-0.2, -0.15) is 0 Å². The Balaban J connectivity index is 2.14. The molecule has 4 nitrogen and oxygen atoms in total. The van der Waals surface area contributed by atoms with Gasteiger partial charge in [0.25, 0.3) is 0 Å². The Morgan fingerprint density at radius 3 is 2.83 bits per heavy atom. The number of benzene rings is 1. The summed E-state index contributed by atoms with van der Waals surface area (Å²) in [7, 11) is 0. The van der Waals surface area contributed by atoms with Gasteiger partial charge in [0.05, 0.1) is 0 Å². The lowest BCUT2D eigenvalue weighted by Gasteiger charge is -2.05. The Labute approximate surface area is 113 Å². The molecule has 0 bridgehead atoms. The molecule has 0 saturated carbocycles. The highest BCUT2D eigenvalue weighted by molar-refractivity contribution is 7.98. The second kappa shape index (κ2) is 5.58. The summed E-state index contributed by atoms with van der Waals surface area (Å²) >= 11 is 7.25. The van der Waals surface area contributed by atoms with Crippen LogP contribution in [0.2, 0.25) is 5.02 Å². The van der Waals surface area contributed by atoms with Gasteiger partial charge in [0.15, 0.2) is 5.82 Å². The van der Waals surface area contributed by atoms with Gasteiger partial charge in [0, 0.05) is 22.8 Å². The van der Waals surface area contributed by atoms with E-state index in [-0.39, 0.29) is 5.82 Å². The number of nitrogens with two attached hydrogens (primary N) is 1. The monoisotopic (exact) mass is 286 g/mol. The average molecular weight is 287 g/mol. The van der Waals surface area contributed by atoms with Gasteiger partial charge >= 0.3 is 0 Å². The molecular formula is C11H12ClFN4S. The van der Waals surface area contributed by atoms with E-state index in [9.17, 15) is 4.39 Å². The molecule has 96 valence electrons. The van der Waals surface area contributed by atoms with Gasteiger partial charge < -0.3 is 5.84 Å². The Morgan fingerprint density at radius 1 is 1.44 bits per heavy atom. The van der Waals surface area contributed by atoms with E-state index < -0.39 is 0 Å². The molecular weight excluding hydrogens is 275 g/mol. The third-order valence-electron chi connectivity index (χ3n) is 2.46. The number of thioether (sulfide) groups is 1. The quantitative estimate of drug-likeness (QED) is 0.693. The Hall–Kier alpha value is -1.27. The lowest BCUT2D eigenvalue weighted by Crippen LogP contribution is -2.13. The Bertz CT molecular complexity index is 538. The SMILES string of the molecule is CCc1nnc(SCc2c(F)cccc2Cl)n1N. The van der Waals surface area contributed by atoms with Crippen molar-refractivity contribution < 1.29 is 4.39 Å². The summed E-state index contributed by atoms with van der Waals surface area (Å²) in [6.45, 7) is 1.94. The zero-order valence-electron chi connectivity index (χ0n) is 9.73. The topological polar surface area (TPSA) is 56.7 Å². The first kappa shape index (κ1) is 13.2. The minimum atomic E-state index is -0.325. The first-order valence-electron chi connectivity index (χ1n) is 5.38. The summed E-state index contributed by atoms with van der Waals surface area (Å²) in [5, 5.41) is 8.83. The lowest BCUT2D eigenvalue weighted by atomic mass is 10.2. The third-order valence-corrected chi connectivity index (χ3v) is 3.78. The third kappa shape index (κ3) is 2.59. The number of hydrogen-bond acceptors (Lipinski definition) is 4. The maximum absolute atomic E-state index is 13.6. The zero-order valence-corrected chi connectivity index (χ0v) is 11.3. The van der Waals surface area contributed by atoms with Crippen molar-refractivity contribution in [3.63, 3.8) is 0 Å². The number of aryl methyl sites for hydroxylation is 1. The van der Waals surface area contributed by atoms with Crippen LogP contribution in [0, 0.1) is 5.82 Å². The van der Waals surface area contributed by atoms with E-state index in [0.717, 1.165) is 0 Å². The molecule has 1 aromatic carbocycles. The van der Waals surface area contributed by atoms with Crippen LogP contribution in [0.5, 0.6) is 0 Å². The van der Waals surface area contributed by atoms with Gasteiger partial charge in [-0.15, -0.1) is 10.2 Å². The zero-order chi connectivity index (χ0) is 13.1. The number of nitrogen functional groups attached to an aromatic ring is 1. The van der Waals surface area contributed by atoms with Crippen molar-refractivity contribution in [2.24, 2.45) is 0 Å². The minimum Gasteiger partial charge on any atom is -0.336 e. The Kier molecular flexibility index (Phi) is 4.08.